The van der Waals surface area contributed by atoms with Gasteiger partial charge in [0.2, 0.25) is 0 Å². The van der Waals surface area contributed by atoms with Crippen molar-refractivity contribution < 1.29 is 0 Å². The highest BCUT2D eigenvalue weighted by Crippen LogP contribution is 2.25. The largest absolute Gasteiger partial charge is 0.316 e. The molecule has 3 heteroatoms. The van der Waals surface area contributed by atoms with Crippen LogP contribution >= 0.6 is 23.4 Å². The first-order valence-electron chi connectivity index (χ1n) is 5.71. The summed E-state index contributed by atoms with van der Waals surface area (Å²) in [5, 5.41) is 4.83. The van der Waals surface area contributed by atoms with Crippen molar-refractivity contribution in [3.8, 4) is 0 Å². The number of rotatable bonds is 6. The van der Waals surface area contributed by atoms with Gasteiger partial charge in [-0.1, -0.05) is 43.6 Å². The van der Waals surface area contributed by atoms with E-state index < -0.39 is 0 Å². The molecule has 1 N–H and O–H groups in total. The second-order valence-corrected chi connectivity index (χ2v) is 5.68. The first kappa shape index (κ1) is 13.9. The third kappa shape index (κ3) is 4.00. The molecule has 0 fully saturated rings. The quantitative estimate of drug-likeness (QED) is 0.828. The van der Waals surface area contributed by atoms with E-state index in [0.29, 0.717) is 11.3 Å². The van der Waals surface area contributed by atoms with E-state index >= 15 is 0 Å². The van der Waals surface area contributed by atoms with Crippen LogP contribution in [0.5, 0.6) is 0 Å². The van der Waals surface area contributed by atoms with Crippen molar-refractivity contribution in [1.29, 1.82) is 0 Å². The molecule has 1 rings (SSSR count). The summed E-state index contributed by atoms with van der Waals surface area (Å²) in [6, 6.07) is 8.65. The zero-order valence-electron chi connectivity index (χ0n) is 10.2. The van der Waals surface area contributed by atoms with Gasteiger partial charge in [0.25, 0.3) is 0 Å². The Hall–Kier alpha value is -0.180. The molecule has 0 aromatic heterocycles. The van der Waals surface area contributed by atoms with Gasteiger partial charge in [-0.05, 0) is 25.1 Å². The Morgan fingerprint density at radius 3 is 2.62 bits per heavy atom. The van der Waals surface area contributed by atoms with E-state index in [1.54, 1.807) is 0 Å². The Labute approximate surface area is 108 Å². The molecule has 0 bridgehead atoms. The minimum atomic E-state index is 0.576. The normalized spacial score (nSPS) is 14.8. The number of benzene rings is 1. The van der Waals surface area contributed by atoms with Crippen LogP contribution in [-0.4, -0.2) is 18.3 Å². The molecule has 0 aliphatic rings. The minimum absolute atomic E-state index is 0.576. The van der Waals surface area contributed by atoms with Crippen molar-refractivity contribution >= 4 is 23.4 Å². The van der Waals surface area contributed by atoms with Crippen molar-refractivity contribution in [2.24, 2.45) is 0 Å². The van der Waals surface area contributed by atoms with Crippen molar-refractivity contribution in [3.63, 3.8) is 0 Å². The Morgan fingerprint density at radius 1 is 1.38 bits per heavy atom. The van der Waals surface area contributed by atoms with Crippen LogP contribution in [0.25, 0.3) is 0 Å². The van der Waals surface area contributed by atoms with Gasteiger partial charge in [0.1, 0.15) is 0 Å². The fourth-order valence-corrected chi connectivity index (χ4v) is 3.26. The number of thioether (sulfide) groups is 1. The van der Waals surface area contributed by atoms with E-state index in [1.165, 1.54) is 5.56 Å². The molecule has 1 aromatic rings. The van der Waals surface area contributed by atoms with Gasteiger partial charge in [0, 0.05) is 22.1 Å². The van der Waals surface area contributed by atoms with Gasteiger partial charge in [-0.3, -0.25) is 0 Å². The van der Waals surface area contributed by atoms with Crippen molar-refractivity contribution in [2.75, 3.05) is 7.05 Å². The summed E-state index contributed by atoms with van der Waals surface area (Å²) in [6.07, 6.45) is 1.16. The average molecular weight is 258 g/mol. The Balaban J connectivity index is 2.48. The summed E-state index contributed by atoms with van der Waals surface area (Å²) in [5.74, 6) is 0.985. The van der Waals surface area contributed by atoms with Gasteiger partial charge in [-0.2, -0.15) is 11.8 Å². The predicted molar refractivity (Wildman–Crippen MR) is 75.3 cm³/mol. The molecule has 0 aliphatic carbocycles. The van der Waals surface area contributed by atoms with Gasteiger partial charge < -0.3 is 5.32 Å². The van der Waals surface area contributed by atoms with E-state index in [9.17, 15) is 0 Å². The number of nitrogens with one attached hydrogen (secondary N) is 1. The third-order valence-corrected chi connectivity index (χ3v) is 4.54. The Kier molecular flexibility index (Phi) is 6.25. The molecule has 1 nitrogen and oxygen atoms in total. The monoisotopic (exact) mass is 257 g/mol. The van der Waals surface area contributed by atoms with Crippen LogP contribution in [0.1, 0.15) is 25.8 Å². The summed E-state index contributed by atoms with van der Waals surface area (Å²) < 4.78 is 0. The Bertz CT molecular complexity index is 313. The predicted octanol–water partition coefficient (Wildman–Crippen LogP) is 3.96. The fourth-order valence-electron chi connectivity index (χ4n) is 1.72. The lowest BCUT2D eigenvalue weighted by molar-refractivity contribution is 0.541. The second kappa shape index (κ2) is 7.21. The smallest absolute Gasteiger partial charge is 0.0446 e. The van der Waals surface area contributed by atoms with Gasteiger partial charge in [0.15, 0.2) is 0 Å². The summed E-state index contributed by atoms with van der Waals surface area (Å²) in [4.78, 5) is 0. The summed E-state index contributed by atoms with van der Waals surface area (Å²) in [5.41, 5.74) is 1.23. The Morgan fingerprint density at radius 2 is 2.06 bits per heavy atom. The van der Waals surface area contributed by atoms with E-state index in [2.05, 4.69) is 25.2 Å². The van der Waals surface area contributed by atoms with Crippen molar-refractivity contribution in [3.05, 3.63) is 34.9 Å². The molecule has 0 radical (unpaired) electrons. The maximum Gasteiger partial charge on any atom is 0.0446 e. The molecule has 2 atom stereocenters. The number of hydrogen-bond donors (Lipinski definition) is 1. The zero-order valence-corrected chi connectivity index (χ0v) is 11.7. The highest BCUT2D eigenvalue weighted by Gasteiger charge is 2.13. The number of hydrogen-bond acceptors (Lipinski definition) is 2. The summed E-state index contributed by atoms with van der Waals surface area (Å²) in [7, 11) is 2.03. The minimum Gasteiger partial charge on any atom is -0.316 e. The van der Waals surface area contributed by atoms with Crippen LogP contribution in [-0.2, 0) is 5.75 Å². The molecule has 0 saturated heterocycles. The lowest BCUT2D eigenvalue weighted by Crippen LogP contribution is -2.33. The fraction of sp³-hybridized carbons (Fsp3) is 0.538. The molecule has 90 valence electrons. The molecule has 2 unspecified atom stereocenters. The molecular weight excluding hydrogens is 238 g/mol. The van der Waals surface area contributed by atoms with E-state index in [4.69, 9.17) is 11.6 Å². The summed E-state index contributed by atoms with van der Waals surface area (Å²) >= 11 is 8.08. The van der Waals surface area contributed by atoms with Gasteiger partial charge in [0.05, 0.1) is 0 Å². The first-order chi connectivity index (χ1) is 7.69. The maximum atomic E-state index is 6.13. The van der Waals surface area contributed by atoms with Crippen LogP contribution in [0.15, 0.2) is 24.3 Å². The molecule has 0 saturated carbocycles. The van der Waals surface area contributed by atoms with Crippen LogP contribution in [0, 0.1) is 0 Å². The van der Waals surface area contributed by atoms with Crippen molar-refractivity contribution in [1.82, 2.24) is 5.32 Å². The SMILES string of the molecule is CCC(NC)C(C)SCc1ccccc1Cl. The topological polar surface area (TPSA) is 12.0 Å². The number of halogens is 1. The molecule has 1 aromatic carbocycles. The molecule has 0 amide bonds. The van der Waals surface area contributed by atoms with Crippen LogP contribution < -0.4 is 5.32 Å². The van der Waals surface area contributed by atoms with Crippen LogP contribution in [0.4, 0.5) is 0 Å². The van der Waals surface area contributed by atoms with Crippen LogP contribution in [0.3, 0.4) is 0 Å². The van der Waals surface area contributed by atoms with Crippen molar-refractivity contribution in [2.45, 2.75) is 37.3 Å². The van der Waals surface area contributed by atoms with Gasteiger partial charge in [-0.25, -0.2) is 0 Å². The standard InChI is InChI=1S/C13H20ClNS/c1-4-13(15-3)10(2)16-9-11-7-5-6-8-12(11)14/h5-8,10,13,15H,4,9H2,1-3H3. The third-order valence-electron chi connectivity index (χ3n) is 2.84. The maximum absolute atomic E-state index is 6.13. The van der Waals surface area contributed by atoms with E-state index in [-0.39, 0.29) is 0 Å². The lowest BCUT2D eigenvalue weighted by Gasteiger charge is -2.21. The molecule has 0 spiro atoms. The average Bonchev–Trinajstić information content (AvgIpc) is 2.29. The highest BCUT2D eigenvalue weighted by molar-refractivity contribution is 7.99. The zero-order chi connectivity index (χ0) is 12.0. The summed E-state index contributed by atoms with van der Waals surface area (Å²) in [6.45, 7) is 4.49. The molecule has 16 heavy (non-hydrogen) atoms. The van der Waals surface area contributed by atoms with E-state index in [0.717, 1.165) is 17.2 Å². The second-order valence-electron chi connectivity index (χ2n) is 3.91. The van der Waals surface area contributed by atoms with Gasteiger partial charge in [-0.15, -0.1) is 0 Å². The highest BCUT2D eigenvalue weighted by atomic mass is 35.5. The molecule has 0 heterocycles. The lowest BCUT2D eigenvalue weighted by atomic mass is 10.2. The molecular formula is C13H20ClNS. The van der Waals surface area contributed by atoms with Gasteiger partial charge >= 0.3 is 0 Å². The first-order valence-corrected chi connectivity index (χ1v) is 7.14. The molecule has 0 aliphatic heterocycles. The van der Waals surface area contributed by atoms with Crippen LogP contribution in [0.2, 0.25) is 5.02 Å². The van der Waals surface area contributed by atoms with E-state index in [1.807, 2.05) is 37.0 Å².